The van der Waals surface area contributed by atoms with Crippen molar-refractivity contribution in [2.24, 2.45) is 0 Å². The van der Waals surface area contributed by atoms with Crippen molar-refractivity contribution < 1.29 is 24.2 Å². The summed E-state index contributed by atoms with van der Waals surface area (Å²) in [4.78, 5) is 31.9. The molecule has 0 saturated carbocycles. The second kappa shape index (κ2) is 9.34. The molecule has 0 bridgehead atoms. The number of likely N-dealkylation sites (tertiary alicyclic amines) is 1. The number of aromatic nitrogens is 1. The third-order valence-corrected chi connectivity index (χ3v) is 5.81. The fourth-order valence-corrected chi connectivity index (χ4v) is 4.10. The van der Waals surface area contributed by atoms with E-state index in [2.05, 4.69) is 4.98 Å². The highest BCUT2D eigenvalue weighted by Crippen LogP contribution is 2.41. The number of nitrogens with zero attached hydrogens (tertiary/aromatic N) is 2. The standard InChI is InChI=1S/C25H21ClN2O5/c1-32-19-8-4-3-6-17(19)14-28-22(16-7-5-11-27-13-16)21(24(30)25(28)31)23(29)15-9-10-18(26)20(12-15)33-2/h3-13,22,29H,14H2,1-2H3/b23-21-. The van der Waals surface area contributed by atoms with Gasteiger partial charge < -0.3 is 19.5 Å². The Labute approximate surface area is 195 Å². The fraction of sp³-hybridized carbons (Fsp3) is 0.160. The van der Waals surface area contributed by atoms with Crippen LogP contribution in [0.5, 0.6) is 11.5 Å². The van der Waals surface area contributed by atoms with Gasteiger partial charge in [0, 0.05) is 23.5 Å². The van der Waals surface area contributed by atoms with Crippen molar-refractivity contribution in [1.29, 1.82) is 0 Å². The maximum absolute atomic E-state index is 13.2. The van der Waals surface area contributed by atoms with Crippen LogP contribution in [0.15, 0.2) is 72.6 Å². The number of aliphatic hydroxyl groups is 1. The number of carbonyl (C=O) groups is 2. The molecule has 1 unspecified atom stereocenters. The summed E-state index contributed by atoms with van der Waals surface area (Å²) in [7, 11) is 2.99. The van der Waals surface area contributed by atoms with E-state index in [1.54, 1.807) is 49.8 Å². The quantitative estimate of drug-likeness (QED) is 0.331. The van der Waals surface area contributed by atoms with Gasteiger partial charge in [-0.3, -0.25) is 14.6 Å². The molecule has 2 heterocycles. The fourth-order valence-electron chi connectivity index (χ4n) is 3.91. The van der Waals surface area contributed by atoms with Gasteiger partial charge in [-0.25, -0.2) is 0 Å². The summed E-state index contributed by atoms with van der Waals surface area (Å²) in [6, 6.07) is 14.5. The summed E-state index contributed by atoms with van der Waals surface area (Å²) >= 11 is 6.11. The molecule has 0 radical (unpaired) electrons. The first-order valence-electron chi connectivity index (χ1n) is 10.1. The molecule has 1 atom stereocenters. The number of pyridine rings is 1. The molecule has 1 aliphatic rings. The number of amides is 1. The molecule has 2 aromatic carbocycles. The number of methoxy groups -OCH3 is 2. The summed E-state index contributed by atoms with van der Waals surface area (Å²) in [5, 5.41) is 11.5. The molecule has 0 aliphatic carbocycles. The van der Waals surface area contributed by atoms with E-state index in [1.807, 2.05) is 18.2 Å². The first-order chi connectivity index (χ1) is 16.0. The van der Waals surface area contributed by atoms with Crippen LogP contribution < -0.4 is 9.47 Å². The van der Waals surface area contributed by atoms with Gasteiger partial charge >= 0.3 is 0 Å². The van der Waals surface area contributed by atoms with Crippen LogP contribution in [-0.2, 0) is 16.1 Å². The maximum Gasteiger partial charge on any atom is 0.295 e. The highest BCUT2D eigenvalue weighted by atomic mass is 35.5. The van der Waals surface area contributed by atoms with Crippen molar-refractivity contribution in [1.82, 2.24) is 9.88 Å². The first kappa shape index (κ1) is 22.4. The minimum absolute atomic E-state index is 0.0349. The third-order valence-electron chi connectivity index (χ3n) is 5.50. The lowest BCUT2D eigenvalue weighted by Crippen LogP contribution is -2.29. The molecule has 33 heavy (non-hydrogen) atoms. The summed E-state index contributed by atoms with van der Waals surface area (Å²) < 4.78 is 10.6. The van der Waals surface area contributed by atoms with E-state index in [0.717, 1.165) is 5.56 Å². The normalized spacial score (nSPS) is 17.3. The van der Waals surface area contributed by atoms with Crippen LogP contribution in [0.4, 0.5) is 0 Å². The predicted octanol–water partition coefficient (Wildman–Crippen LogP) is 4.37. The summed E-state index contributed by atoms with van der Waals surface area (Å²) in [6.07, 6.45) is 3.17. The number of Topliss-reactive ketones (excluding diaryl/α,β-unsaturated/α-hetero) is 1. The topological polar surface area (TPSA) is 89.0 Å². The molecular formula is C25H21ClN2O5. The van der Waals surface area contributed by atoms with Crippen LogP contribution >= 0.6 is 11.6 Å². The van der Waals surface area contributed by atoms with E-state index in [0.29, 0.717) is 27.6 Å². The Morgan fingerprint density at radius 3 is 2.52 bits per heavy atom. The van der Waals surface area contributed by atoms with Gasteiger partial charge in [0.1, 0.15) is 17.3 Å². The largest absolute Gasteiger partial charge is 0.507 e. The predicted molar refractivity (Wildman–Crippen MR) is 123 cm³/mol. The number of para-hydroxylation sites is 1. The highest BCUT2D eigenvalue weighted by molar-refractivity contribution is 6.46. The molecule has 1 N–H and O–H groups in total. The van der Waals surface area contributed by atoms with E-state index >= 15 is 0 Å². The molecule has 7 nitrogen and oxygen atoms in total. The molecule has 1 fully saturated rings. The van der Waals surface area contributed by atoms with E-state index in [-0.39, 0.29) is 17.9 Å². The van der Waals surface area contributed by atoms with Gasteiger partial charge in [0.05, 0.1) is 37.4 Å². The minimum Gasteiger partial charge on any atom is -0.507 e. The van der Waals surface area contributed by atoms with E-state index in [9.17, 15) is 14.7 Å². The summed E-state index contributed by atoms with van der Waals surface area (Å²) in [5.74, 6) is -0.907. The average molecular weight is 465 g/mol. The molecule has 168 valence electrons. The number of halogens is 1. The van der Waals surface area contributed by atoms with Gasteiger partial charge in [0.25, 0.3) is 11.7 Å². The number of aliphatic hydroxyl groups excluding tert-OH is 1. The zero-order chi connectivity index (χ0) is 23.5. The first-order valence-corrected chi connectivity index (χ1v) is 10.5. The van der Waals surface area contributed by atoms with Crippen molar-refractivity contribution in [3.63, 3.8) is 0 Å². The van der Waals surface area contributed by atoms with E-state index in [1.165, 1.54) is 18.1 Å². The Hall–Kier alpha value is -3.84. The second-order valence-electron chi connectivity index (χ2n) is 7.37. The van der Waals surface area contributed by atoms with Crippen LogP contribution in [0.2, 0.25) is 5.02 Å². The molecule has 3 aromatic rings. The maximum atomic E-state index is 13.2. The Kier molecular flexibility index (Phi) is 6.33. The van der Waals surface area contributed by atoms with Crippen molar-refractivity contribution >= 4 is 29.1 Å². The number of rotatable bonds is 6. The van der Waals surface area contributed by atoms with Gasteiger partial charge in [-0.15, -0.1) is 0 Å². The number of carbonyl (C=O) groups excluding carboxylic acids is 2. The summed E-state index contributed by atoms with van der Waals surface area (Å²) in [6.45, 7) is 0.106. The zero-order valence-electron chi connectivity index (χ0n) is 18.0. The van der Waals surface area contributed by atoms with Crippen molar-refractivity contribution in [2.75, 3.05) is 14.2 Å². The van der Waals surface area contributed by atoms with E-state index < -0.39 is 17.7 Å². The zero-order valence-corrected chi connectivity index (χ0v) is 18.7. The number of hydrogen-bond donors (Lipinski definition) is 1. The van der Waals surface area contributed by atoms with Crippen LogP contribution in [0.1, 0.15) is 22.7 Å². The SMILES string of the molecule is COc1cc(/C(O)=C2/C(=O)C(=O)N(Cc3ccccc3OC)C2c2cccnc2)ccc1Cl. The lowest BCUT2D eigenvalue weighted by atomic mass is 9.96. The van der Waals surface area contributed by atoms with Crippen LogP contribution in [0.25, 0.3) is 5.76 Å². The molecule has 1 saturated heterocycles. The second-order valence-corrected chi connectivity index (χ2v) is 7.78. The van der Waals surface area contributed by atoms with Gasteiger partial charge in [-0.05, 0) is 35.9 Å². The lowest BCUT2D eigenvalue weighted by molar-refractivity contribution is -0.140. The Morgan fingerprint density at radius 2 is 1.82 bits per heavy atom. The molecular weight excluding hydrogens is 444 g/mol. The van der Waals surface area contributed by atoms with E-state index in [4.69, 9.17) is 21.1 Å². The van der Waals surface area contributed by atoms with Gasteiger partial charge in [0.15, 0.2) is 0 Å². The highest BCUT2D eigenvalue weighted by Gasteiger charge is 2.46. The Bertz CT molecular complexity index is 1240. The van der Waals surface area contributed by atoms with Crippen molar-refractivity contribution in [2.45, 2.75) is 12.6 Å². The smallest absolute Gasteiger partial charge is 0.295 e. The lowest BCUT2D eigenvalue weighted by Gasteiger charge is -2.25. The molecule has 0 spiro atoms. The van der Waals surface area contributed by atoms with Gasteiger partial charge in [-0.2, -0.15) is 0 Å². The molecule has 1 amide bonds. The number of hydrogen-bond acceptors (Lipinski definition) is 6. The minimum atomic E-state index is -0.842. The van der Waals surface area contributed by atoms with Crippen molar-refractivity contribution in [3.05, 3.63) is 94.3 Å². The molecule has 8 heteroatoms. The number of ether oxygens (including phenoxy) is 2. The average Bonchev–Trinajstić information content (AvgIpc) is 3.09. The van der Waals surface area contributed by atoms with Gasteiger partial charge in [-0.1, -0.05) is 35.9 Å². The number of benzene rings is 2. The molecule has 1 aliphatic heterocycles. The van der Waals surface area contributed by atoms with Crippen LogP contribution in [-0.4, -0.2) is 40.9 Å². The van der Waals surface area contributed by atoms with Crippen LogP contribution in [0, 0.1) is 0 Å². The summed E-state index contributed by atoms with van der Waals surface area (Å²) in [5.41, 5.74) is 1.59. The Morgan fingerprint density at radius 1 is 1.06 bits per heavy atom. The number of ketones is 1. The molecule has 1 aromatic heterocycles. The monoisotopic (exact) mass is 464 g/mol. The molecule has 4 rings (SSSR count). The van der Waals surface area contributed by atoms with Crippen LogP contribution in [0.3, 0.4) is 0 Å². The Balaban J connectivity index is 1.87. The third kappa shape index (κ3) is 4.15. The van der Waals surface area contributed by atoms with Crippen molar-refractivity contribution in [3.8, 4) is 11.5 Å². The van der Waals surface area contributed by atoms with Gasteiger partial charge in [0.2, 0.25) is 0 Å².